The van der Waals surface area contributed by atoms with Crippen LogP contribution in [0.2, 0.25) is 0 Å². The van der Waals surface area contributed by atoms with Crippen molar-refractivity contribution in [2.45, 2.75) is 26.3 Å². The predicted molar refractivity (Wildman–Crippen MR) is 74.4 cm³/mol. The van der Waals surface area contributed by atoms with E-state index < -0.39 is 0 Å². The van der Waals surface area contributed by atoms with Crippen LogP contribution in [-0.2, 0) is 0 Å². The van der Waals surface area contributed by atoms with Crippen LogP contribution in [0, 0.1) is 19.7 Å². The monoisotopic (exact) mass is 273 g/mol. The average Bonchev–Trinajstić information content (AvgIpc) is 2.44. The first-order valence-electron chi connectivity index (χ1n) is 6.64. The lowest BCUT2D eigenvalue weighted by atomic mass is 10.0. The first kappa shape index (κ1) is 12.8. The molecule has 0 saturated carbocycles. The summed E-state index contributed by atoms with van der Waals surface area (Å²) in [6.07, 6.45) is 0.769. The van der Waals surface area contributed by atoms with Gasteiger partial charge in [-0.3, -0.25) is 0 Å². The van der Waals surface area contributed by atoms with E-state index in [9.17, 15) is 4.39 Å². The number of ether oxygens (including phenoxy) is 1. The number of fused-ring (bicyclic) bond motifs is 1. The Hall–Kier alpha value is -2.17. The Morgan fingerprint density at radius 3 is 2.95 bits per heavy atom. The Morgan fingerprint density at radius 2 is 2.15 bits per heavy atom. The van der Waals surface area contributed by atoms with E-state index in [-0.39, 0.29) is 11.9 Å². The number of aromatic nitrogens is 2. The van der Waals surface area contributed by atoms with Crippen LogP contribution in [0.5, 0.6) is 5.75 Å². The summed E-state index contributed by atoms with van der Waals surface area (Å²) in [5.74, 6) is 0.725. The molecule has 0 spiro atoms. The molecule has 0 amide bonds. The number of anilines is 1. The number of nitrogens with zero attached hydrogens (tertiary/aromatic N) is 2. The number of nitrogens with one attached hydrogen (secondary N) is 1. The molecule has 4 nitrogen and oxygen atoms in total. The van der Waals surface area contributed by atoms with Gasteiger partial charge in [-0.05, 0) is 31.5 Å². The molecule has 2 aromatic rings. The molecule has 0 saturated heterocycles. The Balaban J connectivity index is 1.89. The summed E-state index contributed by atoms with van der Waals surface area (Å²) in [6.45, 7) is 4.40. The van der Waals surface area contributed by atoms with Crippen LogP contribution >= 0.6 is 0 Å². The van der Waals surface area contributed by atoms with Gasteiger partial charge in [-0.15, -0.1) is 5.10 Å². The maximum absolute atomic E-state index is 13.7. The molecule has 3 rings (SSSR count). The van der Waals surface area contributed by atoms with Crippen LogP contribution in [0.15, 0.2) is 24.3 Å². The Labute approximate surface area is 117 Å². The largest absolute Gasteiger partial charge is 0.490 e. The van der Waals surface area contributed by atoms with E-state index in [1.807, 2.05) is 26.0 Å². The number of para-hydroxylation sites is 1. The van der Waals surface area contributed by atoms with Crippen LogP contribution in [0.3, 0.4) is 0 Å². The highest BCUT2D eigenvalue weighted by Gasteiger charge is 2.24. The van der Waals surface area contributed by atoms with Crippen LogP contribution < -0.4 is 10.1 Å². The van der Waals surface area contributed by atoms with Gasteiger partial charge in [-0.2, -0.15) is 5.10 Å². The minimum atomic E-state index is -0.319. The smallest absolute Gasteiger partial charge is 0.165 e. The average molecular weight is 273 g/mol. The highest BCUT2D eigenvalue weighted by molar-refractivity contribution is 5.46. The van der Waals surface area contributed by atoms with Crippen LogP contribution in [0.4, 0.5) is 10.2 Å². The zero-order valence-electron chi connectivity index (χ0n) is 11.5. The van der Waals surface area contributed by atoms with Crippen molar-refractivity contribution in [2.75, 3.05) is 11.9 Å². The topological polar surface area (TPSA) is 47.0 Å². The predicted octanol–water partition coefficient (Wildman–Crippen LogP) is 3.17. The first-order valence-corrected chi connectivity index (χ1v) is 6.64. The van der Waals surface area contributed by atoms with Gasteiger partial charge in [0.25, 0.3) is 0 Å². The molecule has 1 aromatic carbocycles. The van der Waals surface area contributed by atoms with E-state index in [1.165, 1.54) is 6.07 Å². The van der Waals surface area contributed by atoms with Crippen molar-refractivity contribution in [3.63, 3.8) is 0 Å². The van der Waals surface area contributed by atoms with Crippen LogP contribution in [0.25, 0.3) is 0 Å². The van der Waals surface area contributed by atoms with E-state index in [0.717, 1.165) is 23.2 Å². The molecule has 2 heterocycles. The molecule has 5 heteroatoms. The zero-order valence-corrected chi connectivity index (χ0v) is 11.5. The number of benzene rings is 1. The molecule has 0 unspecified atom stereocenters. The number of hydrogen-bond acceptors (Lipinski definition) is 4. The SMILES string of the molecule is Cc1cc(N[C@H]2CCOc3c(F)cccc32)nnc1C. The fourth-order valence-electron chi connectivity index (χ4n) is 2.33. The molecular formula is C15H16FN3O. The van der Waals surface area contributed by atoms with Crippen LogP contribution in [0.1, 0.15) is 29.3 Å². The summed E-state index contributed by atoms with van der Waals surface area (Å²) in [4.78, 5) is 0. The minimum Gasteiger partial charge on any atom is -0.490 e. The highest BCUT2D eigenvalue weighted by atomic mass is 19.1. The molecule has 1 atom stereocenters. The van der Waals surface area contributed by atoms with E-state index in [0.29, 0.717) is 18.2 Å². The van der Waals surface area contributed by atoms with Gasteiger partial charge in [0, 0.05) is 12.0 Å². The lowest BCUT2D eigenvalue weighted by Gasteiger charge is -2.27. The third-order valence-electron chi connectivity index (χ3n) is 3.58. The van der Waals surface area contributed by atoms with E-state index in [2.05, 4.69) is 15.5 Å². The number of rotatable bonds is 2. The molecule has 1 N–H and O–H groups in total. The van der Waals surface area contributed by atoms with Gasteiger partial charge in [0.05, 0.1) is 18.3 Å². The third-order valence-corrected chi connectivity index (χ3v) is 3.58. The lowest BCUT2D eigenvalue weighted by molar-refractivity contribution is 0.260. The number of aryl methyl sites for hydroxylation is 2. The first-order chi connectivity index (χ1) is 9.65. The fraction of sp³-hybridized carbons (Fsp3) is 0.333. The lowest BCUT2D eigenvalue weighted by Crippen LogP contribution is -2.21. The van der Waals surface area contributed by atoms with Gasteiger partial charge in [0.15, 0.2) is 11.6 Å². The second-order valence-corrected chi connectivity index (χ2v) is 4.99. The molecule has 0 fully saturated rings. The fourth-order valence-corrected chi connectivity index (χ4v) is 2.33. The Kier molecular flexibility index (Phi) is 3.26. The molecule has 1 aromatic heterocycles. The molecule has 1 aliphatic rings. The van der Waals surface area contributed by atoms with Crippen molar-refractivity contribution in [1.29, 1.82) is 0 Å². The summed E-state index contributed by atoms with van der Waals surface area (Å²) >= 11 is 0. The van der Waals surface area contributed by atoms with Gasteiger partial charge >= 0.3 is 0 Å². The number of halogens is 1. The maximum Gasteiger partial charge on any atom is 0.165 e. The standard InChI is InChI=1S/C15H16FN3O/c1-9-8-14(19-18-10(9)2)17-13-6-7-20-15-11(13)4-3-5-12(15)16/h3-5,8,13H,6-7H2,1-2H3,(H,17,19)/t13-/m0/s1. The zero-order chi connectivity index (χ0) is 14.1. The molecular weight excluding hydrogens is 257 g/mol. The van der Waals surface area contributed by atoms with Crippen molar-refractivity contribution in [1.82, 2.24) is 10.2 Å². The summed E-state index contributed by atoms with van der Waals surface area (Å²) in [6, 6.07) is 6.94. The van der Waals surface area contributed by atoms with E-state index in [1.54, 1.807) is 6.07 Å². The number of hydrogen-bond donors (Lipinski definition) is 1. The second kappa shape index (κ2) is 5.07. The molecule has 1 aliphatic heterocycles. The molecule has 20 heavy (non-hydrogen) atoms. The van der Waals surface area contributed by atoms with Gasteiger partial charge < -0.3 is 10.1 Å². The summed E-state index contributed by atoms with van der Waals surface area (Å²) in [7, 11) is 0. The van der Waals surface area contributed by atoms with Crippen molar-refractivity contribution in [3.8, 4) is 5.75 Å². The second-order valence-electron chi connectivity index (χ2n) is 4.99. The quantitative estimate of drug-likeness (QED) is 0.913. The van der Waals surface area contributed by atoms with Crippen molar-refractivity contribution >= 4 is 5.82 Å². The minimum absolute atomic E-state index is 0.00847. The molecule has 0 aliphatic carbocycles. The maximum atomic E-state index is 13.7. The van der Waals surface area contributed by atoms with E-state index in [4.69, 9.17) is 4.74 Å². The van der Waals surface area contributed by atoms with Crippen molar-refractivity contribution < 1.29 is 9.13 Å². The molecule has 104 valence electrons. The van der Waals surface area contributed by atoms with Crippen molar-refractivity contribution in [3.05, 3.63) is 46.9 Å². The Bertz CT molecular complexity index is 645. The normalized spacial score (nSPS) is 17.2. The molecule has 0 radical (unpaired) electrons. The third kappa shape index (κ3) is 2.31. The molecule has 0 bridgehead atoms. The van der Waals surface area contributed by atoms with Gasteiger partial charge in [-0.25, -0.2) is 4.39 Å². The van der Waals surface area contributed by atoms with Crippen LogP contribution in [-0.4, -0.2) is 16.8 Å². The van der Waals surface area contributed by atoms with Gasteiger partial charge in [0.1, 0.15) is 5.82 Å². The Morgan fingerprint density at radius 1 is 1.30 bits per heavy atom. The van der Waals surface area contributed by atoms with Gasteiger partial charge in [-0.1, -0.05) is 12.1 Å². The van der Waals surface area contributed by atoms with Crippen molar-refractivity contribution in [2.24, 2.45) is 0 Å². The summed E-state index contributed by atoms with van der Waals surface area (Å²) in [5.41, 5.74) is 2.82. The highest BCUT2D eigenvalue weighted by Crippen LogP contribution is 2.35. The summed E-state index contributed by atoms with van der Waals surface area (Å²) < 4.78 is 19.1. The van der Waals surface area contributed by atoms with E-state index >= 15 is 0 Å². The van der Waals surface area contributed by atoms with Gasteiger partial charge in [0.2, 0.25) is 0 Å². The summed E-state index contributed by atoms with van der Waals surface area (Å²) in [5, 5.41) is 11.5.